The van der Waals surface area contributed by atoms with Crippen LogP contribution in [-0.2, 0) is 13.1 Å². The summed E-state index contributed by atoms with van der Waals surface area (Å²) in [6.07, 6.45) is 3.56. The van der Waals surface area contributed by atoms with E-state index in [2.05, 4.69) is 15.0 Å². The van der Waals surface area contributed by atoms with Crippen molar-refractivity contribution >= 4 is 0 Å². The smallest absolute Gasteiger partial charge is 0.114 e. The molecule has 0 N–H and O–H groups in total. The van der Waals surface area contributed by atoms with Crippen LogP contribution in [-0.4, -0.2) is 9.55 Å². The molecular formula is C6H9N5. The third-order valence-corrected chi connectivity index (χ3v) is 1.42. The van der Waals surface area contributed by atoms with Gasteiger partial charge in [0.05, 0.1) is 6.54 Å². The fraction of sp³-hybridized carbons (Fsp3) is 0.500. The lowest BCUT2D eigenvalue weighted by Crippen LogP contribution is -1.98. The first kappa shape index (κ1) is 7.63. The number of azide groups is 1. The zero-order valence-corrected chi connectivity index (χ0v) is 6.30. The molecule has 5 heteroatoms. The molecule has 1 heterocycles. The molecule has 0 fully saturated rings. The van der Waals surface area contributed by atoms with Gasteiger partial charge < -0.3 is 4.57 Å². The minimum Gasteiger partial charge on any atom is -0.335 e. The van der Waals surface area contributed by atoms with Gasteiger partial charge in [-0.2, -0.15) is 0 Å². The van der Waals surface area contributed by atoms with Gasteiger partial charge in [0, 0.05) is 23.9 Å². The Labute approximate surface area is 64.3 Å². The number of aryl methyl sites for hydroxylation is 1. The van der Waals surface area contributed by atoms with E-state index >= 15 is 0 Å². The molecule has 0 spiro atoms. The van der Waals surface area contributed by atoms with E-state index in [1.165, 1.54) is 0 Å². The summed E-state index contributed by atoms with van der Waals surface area (Å²) in [6.45, 7) is 3.20. The fourth-order valence-electron chi connectivity index (χ4n) is 0.874. The van der Waals surface area contributed by atoms with Crippen molar-refractivity contribution in [1.82, 2.24) is 9.55 Å². The summed E-state index contributed by atoms with van der Waals surface area (Å²) in [5, 5.41) is 3.42. The third kappa shape index (κ3) is 1.72. The van der Waals surface area contributed by atoms with Crippen molar-refractivity contribution in [2.24, 2.45) is 5.11 Å². The molecule has 1 rings (SSSR count). The van der Waals surface area contributed by atoms with Crippen LogP contribution in [0.4, 0.5) is 0 Å². The van der Waals surface area contributed by atoms with Gasteiger partial charge in [-0.15, -0.1) is 0 Å². The summed E-state index contributed by atoms with van der Waals surface area (Å²) in [5.74, 6) is 0.810. The van der Waals surface area contributed by atoms with E-state index < -0.39 is 0 Å². The van der Waals surface area contributed by atoms with Crippen LogP contribution in [0.15, 0.2) is 17.5 Å². The van der Waals surface area contributed by atoms with Gasteiger partial charge in [0.2, 0.25) is 0 Å². The second-order valence-corrected chi connectivity index (χ2v) is 2.02. The SMILES string of the molecule is CCn1ccnc1CN=[N+]=[N-]. The lowest BCUT2D eigenvalue weighted by atomic mass is 10.6. The van der Waals surface area contributed by atoms with Crippen LogP contribution in [0.2, 0.25) is 0 Å². The molecular weight excluding hydrogens is 142 g/mol. The molecule has 11 heavy (non-hydrogen) atoms. The maximum atomic E-state index is 8.05. The Morgan fingerprint density at radius 2 is 2.64 bits per heavy atom. The van der Waals surface area contributed by atoms with E-state index in [1.807, 2.05) is 17.7 Å². The monoisotopic (exact) mass is 151 g/mol. The van der Waals surface area contributed by atoms with Gasteiger partial charge in [-0.3, -0.25) is 0 Å². The number of hydrogen-bond donors (Lipinski definition) is 0. The lowest BCUT2D eigenvalue weighted by molar-refractivity contribution is 0.697. The zero-order chi connectivity index (χ0) is 8.10. The molecule has 0 amide bonds. The quantitative estimate of drug-likeness (QED) is 0.368. The van der Waals surface area contributed by atoms with E-state index in [0.29, 0.717) is 6.54 Å². The predicted molar refractivity (Wildman–Crippen MR) is 40.8 cm³/mol. The first-order chi connectivity index (χ1) is 5.38. The van der Waals surface area contributed by atoms with Crippen molar-refractivity contribution in [3.63, 3.8) is 0 Å². The predicted octanol–water partition coefficient (Wildman–Crippen LogP) is 1.71. The van der Waals surface area contributed by atoms with Gasteiger partial charge >= 0.3 is 0 Å². The summed E-state index contributed by atoms with van der Waals surface area (Å²) < 4.78 is 1.94. The Bertz CT molecular complexity index is 270. The van der Waals surface area contributed by atoms with Crippen molar-refractivity contribution in [3.8, 4) is 0 Å². The summed E-state index contributed by atoms with van der Waals surface area (Å²) in [5.41, 5.74) is 8.05. The van der Waals surface area contributed by atoms with E-state index in [4.69, 9.17) is 5.53 Å². The molecule has 0 aliphatic rings. The Morgan fingerprint density at radius 3 is 3.27 bits per heavy atom. The minimum absolute atomic E-state index is 0.331. The topological polar surface area (TPSA) is 66.6 Å². The molecule has 0 unspecified atom stereocenters. The standard InChI is InChI=1S/C6H9N5/c1-2-11-4-3-8-6(11)5-9-10-7/h3-4H,2,5H2,1H3. The van der Waals surface area contributed by atoms with Crippen LogP contribution < -0.4 is 0 Å². The van der Waals surface area contributed by atoms with Gasteiger partial charge in [0.25, 0.3) is 0 Å². The van der Waals surface area contributed by atoms with Gasteiger partial charge in [-0.1, -0.05) is 5.11 Å². The summed E-state index contributed by atoms with van der Waals surface area (Å²) in [4.78, 5) is 6.68. The van der Waals surface area contributed by atoms with E-state index in [0.717, 1.165) is 12.4 Å². The Hall–Kier alpha value is -1.48. The van der Waals surface area contributed by atoms with E-state index in [9.17, 15) is 0 Å². The van der Waals surface area contributed by atoms with Crippen LogP contribution >= 0.6 is 0 Å². The molecule has 0 atom stereocenters. The van der Waals surface area contributed by atoms with Crippen molar-refractivity contribution in [1.29, 1.82) is 0 Å². The Balaban J connectivity index is 2.75. The van der Waals surface area contributed by atoms with E-state index in [-0.39, 0.29) is 0 Å². The molecule has 5 nitrogen and oxygen atoms in total. The average Bonchev–Trinajstić information content (AvgIpc) is 2.47. The largest absolute Gasteiger partial charge is 0.335 e. The highest BCUT2D eigenvalue weighted by Gasteiger charge is 1.96. The molecule has 0 bridgehead atoms. The summed E-state index contributed by atoms with van der Waals surface area (Å²) >= 11 is 0. The van der Waals surface area contributed by atoms with Crippen LogP contribution in [0.25, 0.3) is 10.4 Å². The number of nitrogens with zero attached hydrogens (tertiary/aromatic N) is 5. The normalized spacial score (nSPS) is 9.18. The van der Waals surface area contributed by atoms with Crippen molar-refractivity contribution in [2.45, 2.75) is 20.0 Å². The molecule has 0 saturated carbocycles. The molecule has 0 aliphatic heterocycles. The van der Waals surface area contributed by atoms with Gasteiger partial charge in [0.1, 0.15) is 5.82 Å². The van der Waals surface area contributed by atoms with E-state index in [1.54, 1.807) is 6.20 Å². The van der Waals surface area contributed by atoms with Crippen LogP contribution in [0.5, 0.6) is 0 Å². The van der Waals surface area contributed by atoms with Crippen molar-refractivity contribution < 1.29 is 0 Å². The van der Waals surface area contributed by atoms with Gasteiger partial charge in [0.15, 0.2) is 0 Å². The number of imidazole rings is 1. The first-order valence-corrected chi connectivity index (χ1v) is 3.39. The fourth-order valence-corrected chi connectivity index (χ4v) is 0.874. The lowest BCUT2D eigenvalue weighted by Gasteiger charge is -1.99. The second kappa shape index (κ2) is 3.63. The Kier molecular flexibility index (Phi) is 2.52. The molecule has 1 aromatic rings. The minimum atomic E-state index is 0.331. The third-order valence-electron chi connectivity index (χ3n) is 1.42. The van der Waals surface area contributed by atoms with Gasteiger partial charge in [-0.05, 0) is 12.5 Å². The first-order valence-electron chi connectivity index (χ1n) is 3.39. The number of rotatable bonds is 3. The highest BCUT2D eigenvalue weighted by atomic mass is 15.2. The summed E-state index contributed by atoms with van der Waals surface area (Å²) in [7, 11) is 0. The number of aromatic nitrogens is 2. The van der Waals surface area contributed by atoms with Crippen molar-refractivity contribution in [3.05, 3.63) is 28.7 Å². The maximum Gasteiger partial charge on any atom is 0.114 e. The summed E-state index contributed by atoms with van der Waals surface area (Å²) in [6, 6.07) is 0. The molecule has 0 radical (unpaired) electrons. The second-order valence-electron chi connectivity index (χ2n) is 2.02. The van der Waals surface area contributed by atoms with Crippen LogP contribution in [0.3, 0.4) is 0 Å². The van der Waals surface area contributed by atoms with Crippen LogP contribution in [0.1, 0.15) is 12.7 Å². The number of hydrogen-bond acceptors (Lipinski definition) is 2. The molecule has 0 aromatic carbocycles. The highest BCUT2D eigenvalue weighted by Crippen LogP contribution is 1.98. The molecule has 0 aliphatic carbocycles. The maximum absolute atomic E-state index is 8.05. The molecule has 0 saturated heterocycles. The van der Waals surface area contributed by atoms with Gasteiger partial charge in [-0.25, -0.2) is 4.98 Å². The van der Waals surface area contributed by atoms with Crippen LogP contribution in [0, 0.1) is 0 Å². The molecule has 1 aromatic heterocycles. The average molecular weight is 151 g/mol. The highest BCUT2D eigenvalue weighted by molar-refractivity contribution is 4.91. The Morgan fingerprint density at radius 1 is 1.82 bits per heavy atom. The zero-order valence-electron chi connectivity index (χ0n) is 6.30. The van der Waals surface area contributed by atoms with Crippen molar-refractivity contribution in [2.75, 3.05) is 0 Å². The molecule has 58 valence electrons.